The standard InChI is InChI=1S/C45H87NO8P/c1-7-9-11-13-15-17-19-21-23-25-27-29-31-33-35-37-44(47)51-41-43(42-53-55(49,50-6)52-40-39-46(3,4)5)54-45(48)38-36-34-32-30-28-26-24-22-20-18-16-14-12-10-8-2/h21-24,43H,7-20,25-42H2,1-6H3/q+1/b23-21-,24-22-. The van der Waals surface area contributed by atoms with E-state index < -0.39 is 19.9 Å². The average molecular weight is 801 g/mol. The Morgan fingerprint density at radius 2 is 0.945 bits per heavy atom. The Hall–Kier alpha value is -1.51. The number of unbranched alkanes of at least 4 members (excludes halogenated alkanes) is 22. The molecule has 0 N–H and O–H groups in total. The largest absolute Gasteiger partial charge is 0.474 e. The topological polar surface area (TPSA) is 97.4 Å². The lowest BCUT2D eigenvalue weighted by Gasteiger charge is -2.25. The highest BCUT2D eigenvalue weighted by Gasteiger charge is 2.29. The van der Waals surface area contributed by atoms with Gasteiger partial charge in [-0.2, -0.15) is 0 Å². The summed E-state index contributed by atoms with van der Waals surface area (Å²) in [5.41, 5.74) is 0. The summed E-state index contributed by atoms with van der Waals surface area (Å²) >= 11 is 0. The number of hydrogen-bond donors (Lipinski definition) is 0. The van der Waals surface area contributed by atoms with Crippen LogP contribution in [0.2, 0.25) is 0 Å². The lowest BCUT2D eigenvalue weighted by molar-refractivity contribution is -0.870. The van der Waals surface area contributed by atoms with Crippen molar-refractivity contribution in [3.8, 4) is 0 Å². The Labute approximate surface area is 339 Å². The van der Waals surface area contributed by atoms with Crippen LogP contribution in [0.1, 0.15) is 194 Å². The van der Waals surface area contributed by atoms with Gasteiger partial charge < -0.3 is 14.0 Å². The van der Waals surface area contributed by atoms with Crippen LogP contribution in [0.25, 0.3) is 0 Å². The lowest BCUT2D eigenvalue weighted by atomic mass is 10.1. The Morgan fingerprint density at radius 1 is 0.545 bits per heavy atom. The van der Waals surface area contributed by atoms with Crippen molar-refractivity contribution >= 4 is 19.8 Å². The first-order valence-electron chi connectivity index (χ1n) is 22.5. The van der Waals surface area contributed by atoms with Crippen molar-refractivity contribution < 1.29 is 41.7 Å². The molecule has 0 aliphatic rings. The van der Waals surface area contributed by atoms with Gasteiger partial charge in [0.1, 0.15) is 19.8 Å². The van der Waals surface area contributed by atoms with Crippen LogP contribution in [-0.2, 0) is 37.2 Å². The molecule has 0 aliphatic heterocycles. The summed E-state index contributed by atoms with van der Waals surface area (Å²) in [5.74, 6) is -0.734. The number of quaternary nitrogens is 1. The van der Waals surface area contributed by atoms with E-state index in [4.69, 9.17) is 23.0 Å². The summed E-state index contributed by atoms with van der Waals surface area (Å²) in [7, 11) is 3.37. The molecule has 0 bridgehead atoms. The molecule has 0 aromatic heterocycles. The lowest BCUT2D eigenvalue weighted by Crippen LogP contribution is -2.37. The molecule has 9 nitrogen and oxygen atoms in total. The smallest absolute Gasteiger partial charge is 0.462 e. The van der Waals surface area contributed by atoms with Gasteiger partial charge >= 0.3 is 19.8 Å². The number of phosphoric ester groups is 1. The molecule has 2 unspecified atom stereocenters. The van der Waals surface area contributed by atoms with E-state index >= 15 is 0 Å². The van der Waals surface area contributed by atoms with E-state index in [2.05, 4.69) is 38.2 Å². The van der Waals surface area contributed by atoms with Crippen molar-refractivity contribution in [2.24, 2.45) is 0 Å². The Balaban J connectivity index is 4.48. The monoisotopic (exact) mass is 801 g/mol. The highest BCUT2D eigenvalue weighted by molar-refractivity contribution is 7.48. The zero-order valence-electron chi connectivity index (χ0n) is 36.7. The van der Waals surface area contributed by atoms with Gasteiger partial charge in [-0.05, 0) is 64.2 Å². The van der Waals surface area contributed by atoms with E-state index in [9.17, 15) is 14.2 Å². The molecule has 0 saturated heterocycles. The minimum atomic E-state index is -3.88. The molecule has 0 spiro atoms. The van der Waals surface area contributed by atoms with Gasteiger partial charge in [0, 0.05) is 20.0 Å². The molecule has 0 fully saturated rings. The summed E-state index contributed by atoms with van der Waals surface area (Å²) in [6.07, 6.45) is 39.7. The Kier molecular flexibility index (Phi) is 37.0. The van der Waals surface area contributed by atoms with Crippen molar-refractivity contribution in [3.63, 3.8) is 0 Å². The molecule has 10 heteroatoms. The van der Waals surface area contributed by atoms with E-state index in [1.807, 2.05) is 21.1 Å². The van der Waals surface area contributed by atoms with Gasteiger partial charge in [-0.15, -0.1) is 0 Å². The number of allylic oxidation sites excluding steroid dienone is 4. The van der Waals surface area contributed by atoms with Gasteiger partial charge in [-0.1, -0.05) is 141 Å². The molecule has 0 aromatic rings. The molecule has 0 saturated carbocycles. The fraction of sp³-hybridized carbons (Fsp3) is 0.867. The van der Waals surface area contributed by atoms with Gasteiger partial charge in [0.2, 0.25) is 0 Å². The first kappa shape index (κ1) is 53.5. The summed E-state index contributed by atoms with van der Waals surface area (Å²) in [6, 6.07) is 0. The van der Waals surface area contributed by atoms with Gasteiger partial charge in [0.15, 0.2) is 6.10 Å². The quantitative estimate of drug-likeness (QED) is 0.0198. The molecule has 324 valence electrons. The summed E-state index contributed by atoms with van der Waals surface area (Å²) in [4.78, 5) is 25.3. The van der Waals surface area contributed by atoms with Gasteiger partial charge in [0.25, 0.3) is 0 Å². The SMILES string of the molecule is CCCCCCCC/C=C\CCCCCCCC(=O)OCC(COP(=O)(OC)OCC[N+](C)(C)C)OC(=O)CCCCCCC/C=C\CCCCCCCC. The van der Waals surface area contributed by atoms with Gasteiger partial charge in [-0.25, -0.2) is 4.57 Å². The third-order valence-corrected chi connectivity index (χ3v) is 11.1. The van der Waals surface area contributed by atoms with Crippen LogP contribution in [0.15, 0.2) is 24.3 Å². The van der Waals surface area contributed by atoms with Crippen LogP contribution in [0.4, 0.5) is 0 Å². The van der Waals surface area contributed by atoms with Crippen LogP contribution in [0, 0.1) is 0 Å². The fourth-order valence-electron chi connectivity index (χ4n) is 6.04. The number of carbonyl (C=O) groups is 2. The van der Waals surface area contributed by atoms with Crippen molar-refractivity contribution in [3.05, 3.63) is 24.3 Å². The highest BCUT2D eigenvalue weighted by Crippen LogP contribution is 2.48. The van der Waals surface area contributed by atoms with Crippen LogP contribution < -0.4 is 0 Å². The minimum absolute atomic E-state index is 0.166. The van der Waals surface area contributed by atoms with E-state index in [0.29, 0.717) is 17.4 Å². The van der Waals surface area contributed by atoms with Crippen LogP contribution in [-0.4, -0.2) is 77.1 Å². The third kappa shape index (κ3) is 39.1. The van der Waals surface area contributed by atoms with Crippen molar-refractivity contribution in [1.82, 2.24) is 0 Å². The van der Waals surface area contributed by atoms with Gasteiger partial charge in [0.05, 0.1) is 27.7 Å². The molecule has 0 aliphatic carbocycles. The normalized spacial score (nSPS) is 13.8. The van der Waals surface area contributed by atoms with Crippen LogP contribution >= 0.6 is 7.82 Å². The van der Waals surface area contributed by atoms with E-state index in [1.165, 1.54) is 103 Å². The molecule has 55 heavy (non-hydrogen) atoms. The second kappa shape index (κ2) is 38.0. The number of likely N-dealkylation sites (N-methyl/N-ethyl adjacent to an activating group) is 1. The molecule has 0 amide bonds. The number of rotatable bonds is 41. The first-order valence-corrected chi connectivity index (χ1v) is 23.9. The van der Waals surface area contributed by atoms with Crippen molar-refractivity contribution in [2.45, 2.75) is 200 Å². The molecular weight excluding hydrogens is 713 g/mol. The Bertz CT molecular complexity index is 996. The molecule has 2 atom stereocenters. The maximum Gasteiger partial charge on any atom is 0.474 e. The zero-order chi connectivity index (χ0) is 40.7. The van der Waals surface area contributed by atoms with E-state index in [0.717, 1.165) is 70.6 Å². The predicted molar refractivity (Wildman–Crippen MR) is 229 cm³/mol. The summed E-state index contributed by atoms with van der Waals surface area (Å²) < 4.78 is 40.9. The van der Waals surface area contributed by atoms with E-state index in [-0.39, 0.29) is 32.2 Å². The number of ether oxygens (including phenoxy) is 2. The second-order valence-corrected chi connectivity index (χ2v) is 18.0. The summed E-state index contributed by atoms with van der Waals surface area (Å²) in [5, 5.41) is 0. The molecule has 0 heterocycles. The number of nitrogens with zero attached hydrogens (tertiary/aromatic N) is 1. The molecule has 0 aromatic carbocycles. The van der Waals surface area contributed by atoms with E-state index in [1.54, 1.807) is 0 Å². The number of phosphoric acid groups is 1. The summed E-state index contributed by atoms with van der Waals surface area (Å²) in [6.45, 7) is 4.83. The zero-order valence-corrected chi connectivity index (χ0v) is 37.6. The number of carbonyl (C=O) groups excluding carboxylic acids is 2. The van der Waals surface area contributed by atoms with Crippen LogP contribution in [0.3, 0.4) is 0 Å². The van der Waals surface area contributed by atoms with Crippen LogP contribution in [0.5, 0.6) is 0 Å². The maximum atomic E-state index is 13.1. The highest BCUT2D eigenvalue weighted by atomic mass is 31.2. The third-order valence-electron chi connectivity index (χ3n) is 9.67. The average Bonchev–Trinajstić information content (AvgIpc) is 3.15. The van der Waals surface area contributed by atoms with Crippen molar-refractivity contribution in [2.75, 3.05) is 54.6 Å². The second-order valence-electron chi connectivity index (χ2n) is 16.2. The molecule has 0 rings (SSSR count). The number of hydrogen-bond acceptors (Lipinski definition) is 8. The molecular formula is C45H87NO8P+. The number of esters is 2. The Morgan fingerprint density at radius 3 is 1.36 bits per heavy atom. The predicted octanol–water partition coefficient (Wildman–Crippen LogP) is 13.0. The maximum absolute atomic E-state index is 13.1. The van der Waals surface area contributed by atoms with Gasteiger partial charge in [-0.3, -0.25) is 23.2 Å². The molecule has 0 radical (unpaired) electrons. The van der Waals surface area contributed by atoms with Crippen molar-refractivity contribution in [1.29, 1.82) is 0 Å². The minimum Gasteiger partial charge on any atom is -0.462 e. The fourth-order valence-corrected chi connectivity index (χ4v) is 6.98. The first-order chi connectivity index (χ1) is 26.5.